The molecule has 31 heavy (non-hydrogen) atoms. The zero-order valence-electron chi connectivity index (χ0n) is 19.4. The Balaban J connectivity index is 1.73. The van der Waals surface area contributed by atoms with E-state index in [1.54, 1.807) is 26.4 Å². The van der Waals surface area contributed by atoms with Crippen molar-refractivity contribution in [3.8, 4) is 23.0 Å². The van der Waals surface area contributed by atoms with Crippen molar-refractivity contribution in [3.63, 3.8) is 0 Å². The molecule has 0 aliphatic carbocycles. The zero-order valence-corrected chi connectivity index (χ0v) is 19.4. The molecule has 0 heterocycles. The molecule has 0 fully saturated rings. The molecule has 2 unspecified atom stereocenters. The van der Waals surface area contributed by atoms with Crippen molar-refractivity contribution in [2.45, 2.75) is 52.4 Å². The van der Waals surface area contributed by atoms with Crippen LogP contribution in [0, 0.1) is 11.8 Å². The van der Waals surface area contributed by atoms with Crippen molar-refractivity contribution >= 4 is 0 Å². The summed E-state index contributed by atoms with van der Waals surface area (Å²) in [6.07, 6.45) is 6.13. The molecule has 2 aromatic rings. The number of ether oxygens (including phenoxy) is 3. The van der Waals surface area contributed by atoms with Gasteiger partial charge in [0, 0.05) is 13.2 Å². The number of benzene rings is 2. The molecule has 0 bridgehead atoms. The number of phenols is 2. The van der Waals surface area contributed by atoms with E-state index in [4.69, 9.17) is 14.2 Å². The van der Waals surface area contributed by atoms with Gasteiger partial charge in [0.25, 0.3) is 0 Å². The Hall–Kier alpha value is -2.40. The maximum atomic E-state index is 9.76. The monoisotopic (exact) mass is 430 g/mol. The van der Waals surface area contributed by atoms with E-state index < -0.39 is 0 Å². The van der Waals surface area contributed by atoms with Crippen molar-refractivity contribution in [3.05, 3.63) is 47.5 Å². The fourth-order valence-electron chi connectivity index (χ4n) is 3.87. The van der Waals surface area contributed by atoms with Gasteiger partial charge >= 0.3 is 0 Å². The van der Waals surface area contributed by atoms with E-state index in [2.05, 4.69) is 13.8 Å². The highest BCUT2D eigenvalue weighted by atomic mass is 16.5. The summed E-state index contributed by atoms with van der Waals surface area (Å²) in [7, 11) is 3.15. The molecule has 2 aromatic carbocycles. The first kappa shape index (κ1) is 24.9. The molecule has 0 spiro atoms. The summed E-state index contributed by atoms with van der Waals surface area (Å²) in [5.74, 6) is 2.50. The molecular formula is C26H38O5. The van der Waals surface area contributed by atoms with Gasteiger partial charge in [-0.05, 0) is 72.9 Å². The van der Waals surface area contributed by atoms with Crippen LogP contribution in [-0.2, 0) is 17.6 Å². The molecule has 172 valence electrons. The van der Waals surface area contributed by atoms with E-state index in [0.717, 1.165) is 51.7 Å². The highest BCUT2D eigenvalue weighted by Gasteiger charge is 2.12. The lowest BCUT2D eigenvalue weighted by Crippen LogP contribution is -2.11. The molecule has 5 nitrogen and oxygen atoms in total. The summed E-state index contributed by atoms with van der Waals surface area (Å²) in [6.45, 7) is 5.94. The van der Waals surface area contributed by atoms with Crippen molar-refractivity contribution in [1.29, 1.82) is 0 Å². The quantitative estimate of drug-likeness (QED) is 0.374. The molecule has 0 aliphatic heterocycles. The third-order valence-corrected chi connectivity index (χ3v) is 6.03. The second kappa shape index (κ2) is 13.1. The van der Waals surface area contributed by atoms with Gasteiger partial charge in [-0.3, -0.25) is 0 Å². The van der Waals surface area contributed by atoms with E-state index in [9.17, 15) is 10.2 Å². The molecule has 0 aromatic heterocycles. The predicted molar refractivity (Wildman–Crippen MR) is 124 cm³/mol. The van der Waals surface area contributed by atoms with Crippen LogP contribution in [-0.4, -0.2) is 37.6 Å². The van der Waals surface area contributed by atoms with Crippen LogP contribution >= 0.6 is 0 Å². The van der Waals surface area contributed by atoms with E-state index >= 15 is 0 Å². The maximum absolute atomic E-state index is 9.76. The fraction of sp³-hybridized carbons (Fsp3) is 0.538. The van der Waals surface area contributed by atoms with Gasteiger partial charge in [-0.2, -0.15) is 0 Å². The summed E-state index contributed by atoms with van der Waals surface area (Å²) in [4.78, 5) is 0. The van der Waals surface area contributed by atoms with E-state index in [1.165, 1.54) is 11.1 Å². The fourth-order valence-corrected chi connectivity index (χ4v) is 3.87. The van der Waals surface area contributed by atoms with Crippen LogP contribution in [0.3, 0.4) is 0 Å². The third-order valence-electron chi connectivity index (χ3n) is 6.03. The van der Waals surface area contributed by atoms with Crippen molar-refractivity contribution in [2.75, 3.05) is 27.4 Å². The van der Waals surface area contributed by atoms with Gasteiger partial charge in [0.1, 0.15) is 0 Å². The molecule has 0 saturated heterocycles. The molecular weight excluding hydrogens is 392 g/mol. The third kappa shape index (κ3) is 7.98. The number of aromatic hydroxyl groups is 2. The zero-order chi connectivity index (χ0) is 22.6. The van der Waals surface area contributed by atoms with Gasteiger partial charge in [0.2, 0.25) is 0 Å². The molecule has 2 rings (SSSR count). The summed E-state index contributed by atoms with van der Waals surface area (Å²) in [5, 5.41) is 19.5. The van der Waals surface area contributed by atoms with Crippen LogP contribution in [0.25, 0.3) is 0 Å². The van der Waals surface area contributed by atoms with E-state index in [1.807, 2.05) is 24.3 Å². The number of rotatable bonds is 14. The van der Waals surface area contributed by atoms with Gasteiger partial charge in [-0.1, -0.05) is 38.8 Å². The SMILES string of the molecule is CCC(CCOCCC(CC)Cc1ccc(O)c(OC)c1)Cc1ccc(O)c(OC)c1. The number of hydrogen-bond acceptors (Lipinski definition) is 5. The average molecular weight is 431 g/mol. The predicted octanol–water partition coefficient (Wildman–Crippen LogP) is 5.75. The first-order chi connectivity index (χ1) is 15.0. The van der Waals surface area contributed by atoms with Crippen molar-refractivity contribution < 1.29 is 24.4 Å². The Morgan fingerprint density at radius 1 is 0.710 bits per heavy atom. The summed E-state index contributed by atoms with van der Waals surface area (Å²) < 4.78 is 16.4. The largest absolute Gasteiger partial charge is 0.504 e. The molecule has 0 radical (unpaired) electrons. The molecule has 5 heteroatoms. The van der Waals surface area contributed by atoms with Gasteiger partial charge in [0.05, 0.1) is 14.2 Å². The van der Waals surface area contributed by atoms with Crippen LogP contribution in [0.1, 0.15) is 50.7 Å². The van der Waals surface area contributed by atoms with Crippen molar-refractivity contribution in [2.24, 2.45) is 11.8 Å². The maximum Gasteiger partial charge on any atom is 0.160 e. The Bertz CT molecular complexity index is 724. The smallest absolute Gasteiger partial charge is 0.160 e. The minimum Gasteiger partial charge on any atom is -0.504 e. The molecule has 2 N–H and O–H groups in total. The van der Waals surface area contributed by atoms with Gasteiger partial charge in [-0.25, -0.2) is 0 Å². The van der Waals surface area contributed by atoms with Crippen molar-refractivity contribution in [1.82, 2.24) is 0 Å². The lowest BCUT2D eigenvalue weighted by molar-refractivity contribution is 0.106. The van der Waals surface area contributed by atoms with Gasteiger partial charge < -0.3 is 24.4 Å². The van der Waals surface area contributed by atoms with Crippen LogP contribution in [0.15, 0.2) is 36.4 Å². The van der Waals surface area contributed by atoms with Crippen LogP contribution in [0.5, 0.6) is 23.0 Å². The number of hydrogen-bond donors (Lipinski definition) is 2. The molecule has 0 amide bonds. The van der Waals surface area contributed by atoms with Crippen LogP contribution in [0.2, 0.25) is 0 Å². The lowest BCUT2D eigenvalue weighted by atomic mass is 9.93. The Morgan fingerprint density at radius 3 is 1.48 bits per heavy atom. The first-order valence-corrected chi connectivity index (χ1v) is 11.3. The standard InChI is InChI=1S/C26H38O5/c1-5-19(15-21-7-9-23(27)25(17-21)29-3)11-13-31-14-12-20(6-2)16-22-8-10-24(28)26(18-22)30-4/h7-10,17-20,27-28H,5-6,11-16H2,1-4H3. The normalized spacial score (nSPS) is 13.0. The first-order valence-electron chi connectivity index (χ1n) is 11.3. The van der Waals surface area contributed by atoms with Crippen LogP contribution < -0.4 is 9.47 Å². The Morgan fingerprint density at radius 2 is 1.13 bits per heavy atom. The second-order valence-corrected chi connectivity index (χ2v) is 8.16. The Labute approximate surface area is 187 Å². The van der Waals surface area contributed by atoms with E-state index in [0.29, 0.717) is 23.3 Å². The van der Waals surface area contributed by atoms with Gasteiger partial charge in [-0.15, -0.1) is 0 Å². The summed E-state index contributed by atoms with van der Waals surface area (Å²) in [5.41, 5.74) is 2.36. The second-order valence-electron chi connectivity index (χ2n) is 8.16. The lowest BCUT2D eigenvalue weighted by Gasteiger charge is -2.18. The summed E-state index contributed by atoms with van der Waals surface area (Å²) in [6, 6.07) is 11.2. The molecule has 0 aliphatic rings. The van der Waals surface area contributed by atoms with Crippen LogP contribution in [0.4, 0.5) is 0 Å². The highest BCUT2D eigenvalue weighted by Crippen LogP contribution is 2.29. The highest BCUT2D eigenvalue weighted by molar-refractivity contribution is 5.42. The van der Waals surface area contributed by atoms with E-state index in [-0.39, 0.29) is 11.5 Å². The Kier molecular flexibility index (Phi) is 10.5. The number of methoxy groups -OCH3 is 2. The summed E-state index contributed by atoms with van der Waals surface area (Å²) >= 11 is 0. The van der Waals surface area contributed by atoms with Gasteiger partial charge in [0.15, 0.2) is 23.0 Å². The topological polar surface area (TPSA) is 68.2 Å². The number of phenolic OH excluding ortho intramolecular Hbond substituents is 2. The average Bonchev–Trinajstić information content (AvgIpc) is 2.79. The minimum absolute atomic E-state index is 0.179. The minimum atomic E-state index is 0.179. The molecule has 2 atom stereocenters. The molecule has 0 saturated carbocycles.